The maximum atomic E-state index is 13.4. The largest absolute Gasteiger partial charge is 0.352 e. The van der Waals surface area contributed by atoms with E-state index >= 15 is 0 Å². The molecule has 1 aliphatic heterocycles. The van der Waals surface area contributed by atoms with Crippen molar-refractivity contribution >= 4 is 5.95 Å². The van der Waals surface area contributed by atoms with Crippen molar-refractivity contribution in [3.05, 3.63) is 60.3 Å². The lowest BCUT2D eigenvalue weighted by atomic mass is 10.1. The smallest absolute Gasteiger partial charge is 0.223 e. The van der Waals surface area contributed by atoms with E-state index in [0.29, 0.717) is 42.1 Å². The van der Waals surface area contributed by atoms with Crippen molar-refractivity contribution in [1.82, 2.24) is 19.9 Å². The predicted octanol–water partition coefficient (Wildman–Crippen LogP) is 4.09. The van der Waals surface area contributed by atoms with Gasteiger partial charge in [-0.25, -0.2) is 19.3 Å². The molecular formula is C21H22FN5O2. The van der Waals surface area contributed by atoms with Gasteiger partial charge in [-0.1, -0.05) is 6.58 Å². The van der Waals surface area contributed by atoms with E-state index in [1.54, 1.807) is 24.4 Å². The Kier molecular flexibility index (Phi) is 5.37. The van der Waals surface area contributed by atoms with Gasteiger partial charge in [-0.05, 0) is 49.8 Å². The molecule has 0 radical (unpaired) electrons. The molecule has 2 N–H and O–H groups in total. The summed E-state index contributed by atoms with van der Waals surface area (Å²) in [6.45, 7) is 8.70. The molecule has 3 heterocycles. The van der Waals surface area contributed by atoms with Crippen molar-refractivity contribution in [2.75, 3.05) is 18.5 Å². The molecule has 1 fully saturated rings. The standard InChI is InChI=1S/C21H22FN5O2/c1-12(2)24-21-23-9-8-16(25-21)18-17(14-4-6-15(22)7-5-14)26-19(27-18)20-28-10-13(3)11-29-20/h4-9,12,20H,3,10-11H2,1-2H3,(H,26,27)(H,23,24,25). The van der Waals surface area contributed by atoms with Crippen LogP contribution < -0.4 is 5.32 Å². The van der Waals surface area contributed by atoms with Gasteiger partial charge >= 0.3 is 0 Å². The molecule has 8 heteroatoms. The summed E-state index contributed by atoms with van der Waals surface area (Å²) in [5.41, 5.74) is 3.58. The van der Waals surface area contributed by atoms with Crippen LogP contribution in [0.2, 0.25) is 0 Å². The van der Waals surface area contributed by atoms with Crippen LogP contribution in [0.3, 0.4) is 0 Å². The van der Waals surface area contributed by atoms with E-state index in [-0.39, 0.29) is 11.9 Å². The van der Waals surface area contributed by atoms with Crippen molar-refractivity contribution < 1.29 is 13.9 Å². The Morgan fingerprint density at radius 1 is 1.14 bits per heavy atom. The third kappa shape index (κ3) is 4.33. The normalized spacial score (nSPS) is 15.1. The first-order valence-corrected chi connectivity index (χ1v) is 9.35. The molecule has 0 spiro atoms. The summed E-state index contributed by atoms with van der Waals surface area (Å²) >= 11 is 0. The van der Waals surface area contributed by atoms with E-state index in [2.05, 4.69) is 31.8 Å². The first-order valence-electron chi connectivity index (χ1n) is 9.35. The molecule has 1 saturated heterocycles. The molecule has 4 rings (SSSR count). The Morgan fingerprint density at radius 2 is 1.86 bits per heavy atom. The molecule has 0 saturated carbocycles. The van der Waals surface area contributed by atoms with Crippen molar-refractivity contribution in [3.8, 4) is 22.6 Å². The number of aromatic nitrogens is 4. The summed E-state index contributed by atoms with van der Waals surface area (Å²) in [4.78, 5) is 16.8. The summed E-state index contributed by atoms with van der Waals surface area (Å²) in [5.74, 6) is 0.720. The zero-order valence-electron chi connectivity index (χ0n) is 16.3. The highest BCUT2D eigenvalue weighted by Crippen LogP contribution is 2.33. The van der Waals surface area contributed by atoms with Crippen LogP contribution in [0.25, 0.3) is 22.6 Å². The lowest BCUT2D eigenvalue weighted by molar-refractivity contribution is -0.165. The van der Waals surface area contributed by atoms with Gasteiger partial charge in [0.25, 0.3) is 0 Å². The lowest BCUT2D eigenvalue weighted by Crippen LogP contribution is -2.20. The number of H-pyrrole nitrogens is 1. The maximum absolute atomic E-state index is 13.4. The number of hydrogen-bond acceptors (Lipinski definition) is 6. The number of halogens is 1. The Labute approximate surface area is 168 Å². The van der Waals surface area contributed by atoms with Crippen LogP contribution in [0, 0.1) is 5.82 Å². The second kappa shape index (κ2) is 8.10. The van der Waals surface area contributed by atoms with Gasteiger partial charge in [0.1, 0.15) is 5.82 Å². The highest BCUT2D eigenvalue weighted by molar-refractivity contribution is 5.77. The van der Waals surface area contributed by atoms with Crippen LogP contribution in [0.4, 0.5) is 10.3 Å². The summed E-state index contributed by atoms with van der Waals surface area (Å²) in [6, 6.07) is 8.14. The molecule has 2 aromatic heterocycles. The minimum atomic E-state index is -0.636. The van der Waals surface area contributed by atoms with Crippen molar-refractivity contribution in [1.29, 1.82) is 0 Å². The second-order valence-electron chi connectivity index (χ2n) is 7.12. The molecule has 7 nitrogen and oxygen atoms in total. The fraction of sp³-hybridized carbons (Fsp3) is 0.286. The number of imidazole rings is 1. The average Bonchev–Trinajstić information content (AvgIpc) is 3.14. The average molecular weight is 395 g/mol. The van der Waals surface area contributed by atoms with Crippen LogP contribution in [0.5, 0.6) is 0 Å². The second-order valence-corrected chi connectivity index (χ2v) is 7.12. The monoisotopic (exact) mass is 395 g/mol. The Morgan fingerprint density at radius 3 is 2.55 bits per heavy atom. The molecule has 0 atom stereocenters. The SMILES string of the molecule is C=C1COC(c2nc(-c3ccc(F)cc3)c(-c3ccnc(NC(C)C)n3)[nH]2)OC1. The molecular weight excluding hydrogens is 373 g/mol. The number of nitrogens with one attached hydrogen (secondary N) is 2. The summed E-state index contributed by atoms with van der Waals surface area (Å²) in [5, 5.41) is 3.19. The predicted molar refractivity (Wildman–Crippen MR) is 108 cm³/mol. The van der Waals surface area contributed by atoms with Gasteiger partial charge in [-0.2, -0.15) is 0 Å². The van der Waals surface area contributed by atoms with Gasteiger partial charge in [0, 0.05) is 17.8 Å². The van der Waals surface area contributed by atoms with E-state index < -0.39 is 6.29 Å². The highest BCUT2D eigenvalue weighted by Gasteiger charge is 2.25. The molecule has 0 aliphatic carbocycles. The third-order valence-corrected chi connectivity index (χ3v) is 4.27. The number of rotatable bonds is 5. The molecule has 0 amide bonds. The van der Waals surface area contributed by atoms with Gasteiger partial charge in [-0.15, -0.1) is 0 Å². The Bertz CT molecular complexity index is 1010. The quantitative estimate of drug-likeness (QED) is 0.633. The number of anilines is 1. The summed E-state index contributed by atoms with van der Waals surface area (Å²) < 4.78 is 24.8. The number of ether oxygens (including phenoxy) is 2. The molecule has 0 bridgehead atoms. The minimum absolute atomic E-state index is 0.191. The van der Waals surface area contributed by atoms with Crippen molar-refractivity contribution in [2.24, 2.45) is 0 Å². The van der Waals surface area contributed by atoms with E-state index in [1.807, 2.05) is 13.8 Å². The zero-order chi connectivity index (χ0) is 20.4. The van der Waals surface area contributed by atoms with Gasteiger partial charge in [-0.3, -0.25) is 0 Å². The number of nitrogens with zero attached hydrogens (tertiary/aromatic N) is 3. The van der Waals surface area contributed by atoms with E-state index in [4.69, 9.17) is 9.47 Å². The van der Waals surface area contributed by atoms with E-state index in [1.165, 1.54) is 12.1 Å². The van der Waals surface area contributed by atoms with Crippen LogP contribution in [-0.4, -0.2) is 39.2 Å². The maximum Gasteiger partial charge on any atom is 0.223 e. The van der Waals surface area contributed by atoms with Gasteiger partial charge in [0.15, 0.2) is 5.82 Å². The number of hydrogen-bond donors (Lipinski definition) is 2. The number of aromatic amines is 1. The molecule has 1 aromatic carbocycles. The van der Waals surface area contributed by atoms with Gasteiger partial charge < -0.3 is 19.8 Å². The van der Waals surface area contributed by atoms with Crippen LogP contribution in [0.1, 0.15) is 26.0 Å². The van der Waals surface area contributed by atoms with Crippen LogP contribution in [-0.2, 0) is 9.47 Å². The molecule has 0 unspecified atom stereocenters. The van der Waals surface area contributed by atoms with Gasteiger partial charge in [0.05, 0.1) is 30.3 Å². The fourth-order valence-electron chi connectivity index (χ4n) is 2.97. The molecule has 3 aromatic rings. The van der Waals surface area contributed by atoms with E-state index in [9.17, 15) is 4.39 Å². The Hall–Kier alpha value is -3.10. The number of benzene rings is 1. The molecule has 150 valence electrons. The lowest BCUT2D eigenvalue weighted by Gasteiger charge is -2.22. The summed E-state index contributed by atoms with van der Waals surface area (Å²) in [6.07, 6.45) is 1.04. The first kappa shape index (κ1) is 19.2. The zero-order valence-corrected chi connectivity index (χ0v) is 16.3. The van der Waals surface area contributed by atoms with Crippen LogP contribution >= 0.6 is 0 Å². The third-order valence-electron chi connectivity index (χ3n) is 4.27. The Balaban J connectivity index is 1.76. The van der Waals surface area contributed by atoms with Crippen LogP contribution in [0.15, 0.2) is 48.7 Å². The van der Waals surface area contributed by atoms with E-state index in [0.717, 1.165) is 11.1 Å². The highest BCUT2D eigenvalue weighted by atomic mass is 19.1. The molecule has 1 aliphatic rings. The molecule has 29 heavy (non-hydrogen) atoms. The topological polar surface area (TPSA) is 85.0 Å². The first-order chi connectivity index (χ1) is 14.0. The fourth-order valence-corrected chi connectivity index (χ4v) is 2.97. The summed E-state index contributed by atoms with van der Waals surface area (Å²) in [7, 11) is 0. The van der Waals surface area contributed by atoms with Crippen molar-refractivity contribution in [2.45, 2.75) is 26.2 Å². The van der Waals surface area contributed by atoms with Crippen molar-refractivity contribution in [3.63, 3.8) is 0 Å². The van der Waals surface area contributed by atoms with Gasteiger partial charge in [0.2, 0.25) is 12.2 Å². The minimum Gasteiger partial charge on any atom is -0.352 e.